The number of carbonyl (C=O) groups excluding carboxylic acids is 1. The van der Waals surface area contributed by atoms with Crippen LogP contribution < -0.4 is 5.56 Å². The predicted molar refractivity (Wildman–Crippen MR) is 106 cm³/mol. The van der Waals surface area contributed by atoms with Gasteiger partial charge in [0.1, 0.15) is 34.8 Å². The van der Waals surface area contributed by atoms with Gasteiger partial charge in [-0.15, -0.1) is 0 Å². The first-order valence-electron chi connectivity index (χ1n) is 8.79. The van der Waals surface area contributed by atoms with Crippen molar-refractivity contribution >= 4 is 28.7 Å². The highest BCUT2D eigenvalue weighted by atomic mass is 35.5. The van der Waals surface area contributed by atoms with Crippen LogP contribution in [0.2, 0.25) is 5.15 Å². The van der Waals surface area contributed by atoms with Crippen LogP contribution in [0.1, 0.15) is 27.4 Å². The Balaban J connectivity index is 1.64. The highest BCUT2D eigenvalue weighted by Crippen LogP contribution is 2.26. The number of fused-ring (bicyclic) bond motifs is 1. The first-order valence-corrected chi connectivity index (χ1v) is 9.17. The number of aromatic nitrogens is 4. The van der Waals surface area contributed by atoms with Crippen molar-refractivity contribution in [3.8, 4) is 5.69 Å². The van der Waals surface area contributed by atoms with Crippen molar-refractivity contribution in [2.75, 3.05) is 0 Å². The zero-order valence-electron chi connectivity index (χ0n) is 16.0. The molecule has 29 heavy (non-hydrogen) atoms. The van der Waals surface area contributed by atoms with Crippen molar-refractivity contribution in [2.45, 2.75) is 20.5 Å². The molecule has 0 aliphatic heterocycles. The third kappa shape index (κ3) is 3.21. The maximum Gasteiger partial charge on any atom is 0.342 e. The number of hydrogen-bond acceptors (Lipinski definition) is 6. The molecule has 8 nitrogen and oxygen atoms in total. The molecular weight excluding hydrogens is 396 g/mol. The van der Waals surface area contributed by atoms with Gasteiger partial charge in [-0.3, -0.25) is 4.79 Å². The second kappa shape index (κ2) is 7.21. The molecule has 0 saturated carbocycles. The molecule has 0 unspecified atom stereocenters. The van der Waals surface area contributed by atoms with Crippen molar-refractivity contribution < 1.29 is 13.9 Å². The quantitative estimate of drug-likeness (QED) is 0.477. The molecule has 0 saturated heterocycles. The third-order valence-corrected chi connectivity index (χ3v) is 5.01. The lowest BCUT2D eigenvalue weighted by molar-refractivity contribution is 0.0472. The van der Waals surface area contributed by atoms with Gasteiger partial charge in [-0.2, -0.15) is 5.10 Å². The van der Waals surface area contributed by atoms with E-state index in [0.717, 1.165) is 5.69 Å². The zero-order chi connectivity index (χ0) is 20.7. The number of para-hydroxylation sites is 1. The predicted octanol–water partition coefficient (Wildman–Crippen LogP) is 3.34. The minimum absolute atomic E-state index is 0.0675. The Kier molecular flexibility index (Phi) is 4.71. The van der Waals surface area contributed by atoms with Gasteiger partial charge in [0.2, 0.25) is 5.71 Å². The van der Waals surface area contributed by atoms with Crippen LogP contribution in [0.3, 0.4) is 0 Å². The lowest BCUT2D eigenvalue weighted by atomic mass is 10.2. The van der Waals surface area contributed by atoms with Crippen LogP contribution in [0.4, 0.5) is 0 Å². The summed E-state index contributed by atoms with van der Waals surface area (Å²) in [6, 6.07) is 9.40. The third-order valence-electron chi connectivity index (χ3n) is 4.62. The molecule has 1 aromatic carbocycles. The normalized spacial score (nSPS) is 11.2. The SMILES string of the molecule is Cc1nn(-c2ccccc2)c(Cl)c1COC(=O)c1c(C)oc2ncn(C)c(=O)c12. The molecule has 4 aromatic rings. The lowest BCUT2D eigenvalue weighted by Gasteiger charge is -2.05. The summed E-state index contributed by atoms with van der Waals surface area (Å²) in [5.41, 5.74) is 1.80. The first-order chi connectivity index (χ1) is 13.9. The molecule has 9 heteroatoms. The van der Waals surface area contributed by atoms with Crippen LogP contribution in [-0.2, 0) is 18.4 Å². The summed E-state index contributed by atoms with van der Waals surface area (Å²) in [7, 11) is 1.55. The van der Waals surface area contributed by atoms with Gasteiger partial charge in [-0.25, -0.2) is 14.5 Å². The van der Waals surface area contributed by atoms with Gasteiger partial charge in [0.05, 0.1) is 11.4 Å². The number of aryl methyl sites for hydroxylation is 3. The summed E-state index contributed by atoms with van der Waals surface area (Å²) < 4.78 is 13.8. The maximum atomic E-state index is 12.7. The number of rotatable bonds is 4. The van der Waals surface area contributed by atoms with E-state index in [-0.39, 0.29) is 34.6 Å². The fraction of sp³-hybridized carbons (Fsp3) is 0.200. The van der Waals surface area contributed by atoms with Crippen molar-refractivity contribution in [2.24, 2.45) is 7.05 Å². The van der Waals surface area contributed by atoms with Gasteiger partial charge >= 0.3 is 5.97 Å². The van der Waals surface area contributed by atoms with Crippen LogP contribution in [-0.4, -0.2) is 25.3 Å². The van der Waals surface area contributed by atoms with Crippen molar-refractivity contribution in [3.63, 3.8) is 0 Å². The van der Waals surface area contributed by atoms with E-state index in [9.17, 15) is 9.59 Å². The van der Waals surface area contributed by atoms with E-state index < -0.39 is 5.97 Å². The number of furan rings is 1. The van der Waals surface area contributed by atoms with Gasteiger partial charge in [-0.1, -0.05) is 29.8 Å². The van der Waals surface area contributed by atoms with E-state index in [4.69, 9.17) is 20.8 Å². The topological polar surface area (TPSA) is 92.2 Å². The molecule has 0 N–H and O–H groups in total. The van der Waals surface area contributed by atoms with Gasteiger partial charge in [0.25, 0.3) is 5.56 Å². The Bertz CT molecular complexity index is 1290. The summed E-state index contributed by atoms with van der Waals surface area (Å²) in [6.07, 6.45) is 1.34. The number of nitrogens with zero attached hydrogens (tertiary/aromatic N) is 4. The van der Waals surface area contributed by atoms with Gasteiger partial charge in [0.15, 0.2) is 0 Å². The Hall–Kier alpha value is -3.39. The number of esters is 1. The molecule has 0 radical (unpaired) electrons. The largest absolute Gasteiger partial charge is 0.457 e. The fourth-order valence-electron chi connectivity index (χ4n) is 3.08. The number of hydrogen-bond donors (Lipinski definition) is 0. The first kappa shape index (κ1) is 18.9. The van der Waals surface area contributed by atoms with Crippen molar-refractivity contribution in [1.29, 1.82) is 0 Å². The second-order valence-electron chi connectivity index (χ2n) is 6.55. The number of ether oxygens (including phenoxy) is 1. The van der Waals surface area contributed by atoms with Gasteiger partial charge in [-0.05, 0) is 26.0 Å². The maximum absolute atomic E-state index is 12.7. The molecule has 0 fully saturated rings. The highest BCUT2D eigenvalue weighted by molar-refractivity contribution is 6.30. The summed E-state index contributed by atoms with van der Waals surface area (Å²) in [4.78, 5) is 29.2. The summed E-state index contributed by atoms with van der Waals surface area (Å²) >= 11 is 6.47. The Labute approximate surface area is 170 Å². The average molecular weight is 413 g/mol. The lowest BCUT2D eigenvalue weighted by Crippen LogP contribution is -2.19. The van der Waals surface area contributed by atoms with Gasteiger partial charge in [0, 0.05) is 12.6 Å². The fourth-order valence-corrected chi connectivity index (χ4v) is 3.41. The van der Waals surface area contributed by atoms with Crippen molar-refractivity contribution in [3.05, 3.63) is 74.7 Å². The number of halogens is 1. The van der Waals surface area contributed by atoms with E-state index in [1.165, 1.54) is 10.9 Å². The second-order valence-corrected chi connectivity index (χ2v) is 6.91. The number of carbonyl (C=O) groups is 1. The molecule has 0 aliphatic carbocycles. The van der Waals surface area contributed by atoms with E-state index in [2.05, 4.69) is 10.1 Å². The smallest absolute Gasteiger partial charge is 0.342 e. The van der Waals surface area contributed by atoms with E-state index in [1.807, 2.05) is 30.3 Å². The summed E-state index contributed by atoms with van der Waals surface area (Å²) in [5.74, 6) is -0.419. The Morgan fingerprint density at radius 3 is 2.69 bits per heavy atom. The standard InChI is InChI=1S/C20H17ClN4O4/c1-11-14(17(21)25(23-11)13-7-5-4-6-8-13)9-28-20(27)15-12(2)29-18-16(15)19(26)24(3)10-22-18/h4-8,10H,9H2,1-3H3. The van der Waals surface area contributed by atoms with E-state index in [0.29, 0.717) is 16.4 Å². The average Bonchev–Trinajstić information content (AvgIpc) is 3.20. The molecule has 0 aliphatic rings. The molecule has 0 amide bonds. The monoisotopic (exact) mass is 412 g/mol. The summed E-state index contributed by atoms with van der Waals surface area (Å²) in [6.45, 7) is 3.28. The highest BCUT2D eigenvalue weighted by Gasteiger charge is 2.25. The molecule has 0 spiro atoms. The van der Waals surface area contributed by atoms with Crippen LogP contribution >= 0.6 is 11.6 Å². The molecular formula is C20H17ClN4O4. The van der Waals surface area contributed by atoms with Crippen LogP contribution in [0.25, 0.3) is 16.8 Å². The molecule has 3 heterocycles. The zero-order valence-corrected chi connectivity index (χ0v) is 16.7. The van der Waals surface area contributed by atoms with Crippen molar-refractivity contribution in [1.82, 2.24) is 19.3 Å². The molecule has 148 valence electrons. The molecule has 4 rings (SSSR count). The minimum Gasteiger partial charge on any atom is -0.457 e. The van der Waals surface area contributed by atoms with E-state index in [1.54, 1.807) is 25.6 Å². The summed E-state index contributed by atoms with van der Waals surface area (Å²) in [5, 5.41) is 4.88. The van der Waals surface area contributed by atoms with Crippen LogP contribution in [0.5, 0.6) is 0 Å². The molecule has 0 bridgehead atoms. The van der Waals surface area contributed by atoms with Crippen LogP contribution in [0.15, 0.2) is 45.9 Å². The number of benzene rings is 1. The Morgan fingerprint density at radius 1 is 1.24 bits per heavy atom. The molecule has 0 atom stereocenters. The van der Waals surface area contributed by atoms with Crippen LogP contribution in [0, 0.1) is 13.8 Å². The van der Waals surface area contributed by atoms with Gasteiger partial charge < -0.3 is 13.7 Å². The Morgan fingerprint density at radius 2 is 1.97 bits per heavy atom. The van der Waals surface area contributed by atoms with E-state index >= 15 is 0 Å². The minimum atomic E-state index is -0.686. The molecule has 3 aromatic heterocycles.